The fourth-order valence-corrected chi connectivity index (χ4v) is 5.79. The van der Waals surface area contributed by atoms with Gasteiger partial charge in [0.05, 0.1) is 27.8 Å². The molecule has 1 saturated heterocycles. The van der Waals surface area contributed by atoms with E-state index in [2.05, 4.69) is 77.1 Å². The van der Waals surface area contributed by atoms with Crippen LogP contribution in [0.4, 0.5) is 0 Å². The molecule has 2 aromatic carbocycles. The molecule has 4 nitrogen and oxygen atoms in total. The van der Waals surface area contributed by atoms with Crippen molar-refractivity contribution < 1.29 is 4.74 Å². The van der Waals surface area contributed by atoms with E-state index in [0.717, 1.165) is 46.2 Å². The number of ether oxygens (including phenoxy) is 1. The first-order valence-corrected chi connectivity index (χ1v) is 11.0. The van der Waals surface area contributed by atoms with Crippen LogP contribution in [0.25, 0.3) is 27.6 Å². The van der Waals surface area contributed by atoms with Gasteiger partial charge in [-0.15, -0.1) is 0 Å². The molecule has 6 rings (SSSR count). The molecule has 0 spiro atoms. The molecule has 1 fully saturated rings. The Morgan fingerprint density at radius 2 is 1.60 bits per heavy atom. The van der Waals surface area contributed by atoms with Crippen LogP contribution in [0.15, 0.2) is 24.3 Å². The van der Waals surface area contributed by atoms with Gasteiger partial charge in [-0.1, -0.05) is 26.8 Å². The molecule has 2 atom stereocenters. The van der Waals surface area contributed by atoms with Crippen LogP contribution >= 0.6 is 0 Å². The normalized spacial score (nSPS) is 25.7. The second-order valence-corrected chi connectivity index (χ2v) is 10.9. The van der Waals surface area contributed by atoms with Crippen molar-refractivity contribution in [2.24, 2.45) is 0 Å². The molecule has 0 radical (unpaired) electrons. The number of hydrogen-bond acceptors (Lipinski definition) is 3. The van der Waals surface area contributed by atoms with Crippen molar-refractivity contribution in [2.75, 3.05) is 0 Å². The third-order valence-electron chi connectivity index (χ3n) is 7.25. The minimum absolute atomic E-state index is 0.109. The fraction of sp³-hybridized carbons (Fsp3) is 0.462. The number of fused-ring (bicyclic) bond motifs is 10. The Labute approximate surface area is 177 Å². The van der Waals surface area contributed by atoms with Crippen molar-refractivity contribution in [1.82, 2.24) is 14.4 Å². The minimum Gasteiger partial charge on any atom is -0.360 e. The summed E-state index contributed by atoms with van der Waals surface area (Å²) in [7, 11) is 0. The highest BCUT2D eigenvalue weighted by atomic mass is 16.5. The summed E-state index contributed by atoms with van der Waals surface area (Å²) in [5.41, 5.74) is 8.85. The highest BCUT2D eigenvalue weighted by Crippen LogP contribution is 2.58. The molecule has 2 bridgehead atoms. The quantitative estimate of drug-likeness (QED) is 0.353. The summed E-state index contributed by atoms with van der Waals surface area (Å²) in [6.07, 6.45) is 2.15. The highest BCUT2D eigenvalue weighted by Gasteiger charge is 2.54. The first-order chi connectivity index (χ1) is 14.0. The van der Waals surface area contributed by atoms with E-state index in [0.29, 0.717) is 0 Å². The van der Waals surface area contributed by atoms with Gasteiger partial charge >= 0.3 is 0 Å². The molecule has 0 saturated carbocycles. The lowest BCUT2D eigenvalue weighted by Crippen LogP contribution is -2.20. The molecular formula is C26H29N3O. The summed E-state index contributed by atoms with van der Waals surface area (Å²) in [5, 5.41) is 1.13. The molecule has 0 N–H and O–H groups in total. The maximum atomic E-state index is 6.52. The Morgan fingerprint density at radius 1 is 0.933 bits per heavy atom. The van der Waals surface area contributed by atoms with Crippen LogP contribution in [-0.2, 0) is 21.4 Å². The van der Waals surface area contributed by atoms with Gasteiger partial charge in [0.2, 0.25) is 0 Å². The van der Waals surface area contributed by atoms with Crippen molar-refractivity contribution in [3.63, 3.8) is 0 Å². The molecule has 0 aliphatic carbocycles. The number of benzene rings is 2. The molecule has 2 aliphatic rings. The van der Waals surface area contributed by atoms with E-state index in [1.807, 2.05) is 0 Å². The lowest BCUT2D eigenvalue weighted by Gasteiger charge is -2.23. The average molecular weight is 400 g/mol. The zero-order valence-electron chi connectivity index (χ0n) is 19.0. The monoisotopic (exact) mass is 399 g/mol. The molecular weight excluding hydrogens is 370 g/mol. The molecule has 0 amide bonds. The second-order valence-electron chi connectivity index (χ2n) is 10.9. The van der Waals surface area contributed by atoms with Crippen molar-refractivity contribution in [3.8, 4) is 0 Å². The third kappa shape index (κ3) is 2.15. The van der Waals surface area contributed by atoms with E-state index in [1.54, 1.807) is 0 Å². The van der Waals surface area contributed by atoms with Gasteiger partial charge in [-0.25, -0.2) is 9.97 Å². The predicted octanol–water partition coefficient (Wildman–Crippen LogP) is 6.20. The lowest BCUT2D eigenvalue weighted by molar-refractivity contribution is -0.0661. The van der Waals surface area contributed by atoms with Crippen LogP contribution in [0.1, 0.15) is 75.5 Å². The molecule has 2 unspecified atom stereocenters. The number of rotatable bonds is 0. The van der Waals surface area contributed by atoms with Gasteiger partial charge in [0.25, 0.3) is 0 Å². The summed E-state index contributed by atoms with van der Waals surface area (Å²) in [5.74, 6) is 1.06. The Morgan fingerprint density at radius 3 is 2.27 bits per heavy atom. The second kappa shape index (κ2) is 5.23. The van der Waals surface area contributed by atoms with Gasteiger partial charge in [0.15, 0.2) is 0 Å². The zero-order valence-corrected chi connectivity index (χ0v) is 19.0. The van der Waals surface area contributed by atoms with Gasteiger partial charge < -0.3 is 4.74 Å². The SMILES string of the molecule is Cc1cc(C)c2nc(C(C)(C)C)n3c4cc5c(cc4nc3c2c1)C1(C)CCC5(C)O1. The van der Waals surface area contributed by atoms with E-state index >= 15 is 0 Å². The molecule has 4 aromatic rings. The minimum atomic E-state index is -0.193. The van der Waals surface area contributed by atoms with Crippen LogP contribution in [-0.4, -0.2) is 14.4 Å². The molecule has 4 heterocycles. The number of aryl methyl sites for hydroxylation is 2. The number of hydrogen-bond donors (Lipinski definition) is 0. The van der Waals surface area contributed by atoms with E-state index in [4.69, 9.17) is 14.7 Å². The van der Waals surface area contributed by atoms with E-state index in [9.17, 15) is 0 Å². The number of imidazole rings is 1. The summed E-state index contributed by atoms with van der Waals surface area (Å²) < 4.78 is 8.82. The number of aromatic nitrogens is 3. The van der Waals surface area contributed by atoms with Crippen LogP contribution in [0.3, 0.4) is 0 Å². The predicted molar refractivity (Wildman–Crippen MR) is 121 cm³/mol. The molecule has 30 heavy (non-hydrogen) atoms. The first-order valence-electron chi connectivity index (χ1n) is 11.0. The van der Waals surface area contributed by atoms with Gasteiger partial charge in [-0.05, 0) is 81.0 Å². The summed E-state index contributed by atoms with van der Waals surface area (Å²) in [6, 6.07) is 9.06. The summed E-state index contributed by atoms with van der Waals surface area (Å²) in [4.78, 5) is 10.4. The van der Waals surface area contributed by atoms with Crippen LogP contribution in [0.5, 0.6) is 0 Å². The Balaban J connectivity index is 1.82. The third-order valence-corrected chi connectivity index (χ3v) is 7.25. The Bertz CT molecular complexity index is 1410. The highest BCUT2D eigenvalue weighted by molar-refractivity contribution is 5.98. The van der Waals surface area contributed by atoms with Crippen LogP contribution < -0.4 is 0 Å². The van der Waals surface area contributed by atoms with Gasteiger partial charge in [-0.2, -0.15) is 0 Å². The fourth-order valence-electron chi connectivity index (χ4n) is 5.79. The van der Waals surface area contributed by atoms with Gasteiger partial charge in [0.1, 0.15) is 11.5 Å². The summed E-state index contributed by atoms with van der Waals surface area (Å²) in [6.45, 7) is 15.5. The topological polar surface area (TPSA) is 39.4 Å². The maximum Gasteiger partial charge on any atom is 0.148 e. The van der Waals surface area contributed by atoms with Crippen molar-refractivity contribution in [1.29, 1.82) is 0 Å². The standard InChI is InChI=1S/C26H29N3O/c1-14-10-15(2)21-16(11-14)22-27-19-12-17-18(26(7)9-8-25(17,6)30-26)13-20(19)29(22)23(28-21)24(3,4)5/h10-13H,8-9H2,1-7H3. The largest absolute Gasteiger partial charge is 0.360 e. The molecule has 154 valence electrons. The van der Waals surface area contributed by atoms with Crippen molar-refractivity contribution in [3.05, 3.63) is 52.3 Å². The molecule has 4 heteroatoms. The smallest absolute Gasteiger partial charge is 0.148 e. The Kier molecular flexibility index (Phi) is 3.19. The van der Waals surface area contributed by atoms with Crippen LogP contribution in [0.2, 0.25) is 0 Å². The van der Waals surface area contributed by atoms with Crippen molar-refractivity contribution >= 4 is 27.6 Å². The Hall–Kier alpha value is -2.46. The maximum absolute atomic E-state index is 6.52. The van der Waals surface area contributed by atoms with E-state index < -0.39 is 0 Å². The van der Waals surface area contributed by atoms with E-state index in [-0.39, 0.29) is 16.6 Å². The summed E-state index contributed by atoms with van der Waals surface area (Å²) >= 11 is 0. The first kappa shape index (κ1) is 18.3. The van der Waals surface area contributed by atoms with Crippen LogP contribution in [0, 0.1) is 13.8 Å². The zero-order chi connectivity index (χ0) is 21.2. The lowest BCUT2D eigenvalue weighted by atomic mass is 9.78. The van der Waals surface area contributed by atoms with Gasteiger partial charge in [0, 0.05) is 10.8 Å². The van der Waals surface area contributed by atoms with E-state index in [1.165, 1.54) is 22.3 Å². The van der Waals surface area contributed by atoms with Crippen molar-refractivity contribution in [2.45, 2.75) is 77.9 Å². The molecule has 2 aliphatic heterocycles. The number of nitrogens with zero attached hydrogens (tertiary/aromatic N) is 3. The average Bonchev–Trinajstić information content (AvgIpc) is 3.24. The molecule has 2 aromatic heterocycles. The van der Waals surface area contributed by atoms with Gasteiger partial charge in [-0.3, -0.25) is 4.40 Å².